The molecule has 1 heterocycles. The zero-order chi connectivity index (χ0) is 7.84. The van der Waals surface area contributed by atoms with Gasteiger partial charge in [0.2, 0.25) is 0 Å². The average Bonchev–Trinajstić information content (AvgIpc) is 2.45. The van der Waals surface area contributed by atoms with E-state index in [1.807, 2.05) is 0 Å². The van der Waals surface area contributed by atoms with Gasteiger partial charge in [-0.2, -0.15) is 8.75 Å². The third-order valence-corrected chi connectivity index (χ3v) is 2.47. The van der Waals surface area contributed by atoms with Gasteiger partial charge in [0, 0.05) is 0 Å². The SMILES string of the molecule is Fc1c(Br)ccc2nsnc12. The van der Waals surface area contributed by atoms with E-state index in [-0.39, 0.29) is 5.82 Å². The monoisotopic (exact) mass is 232 g/mol. The molecule has 2 rings (SSSR count). The number of hydrogen-bond acceptors (Lipinski definition) is 3. The van der Waals surface area contributed by atoms with Gasteiger partial charge in [0.15, 0.2) is 5.82 Å². The minimum atomic E-state index is -0.337. The minimum Gasteiger partial charge on any atom is -0.203 e. The summed E-state index contributed by atoms with van der Waals surface area (Å²) in [5, 5.41) is 0. The molecular formula is C6H2BrFN2S. The number of rotatable bonds is 0. The molecule has 2 nitrogen and oxygen atoms in total. The van der Waals surface area contributed by atoms with Crippen LogP contribution in [0.2, 0.25) is 0 Å². The van der Waals surface area contributed by atoms with E-state index in [0.717, 1.165) is 11.7 Å². The molecule has 0 saturated carbocycles. The molecule has 0 amide bonds. The lowest BCUT2D eigenvalue weighted by molar-refractivity contribution is 0.631. The molecule has 0 aliphatic heterocycles. The second-order valence-corrected chi connectivity index (χ2v) is 3.38. The maximum Gasteiger partial charge on any atom is 0.166 e. The van der Waals surface area contributed by atoms with Crippen molar-refractivity contribution in [3.05, 3.63) is 22.4 Å². The van der Waals surface area contributed by atoms with Gasteiger partial charge in [-0.3, -0.25) is 0 Å². The van der Waals surface area contributed by atoms with Gasteiger partial charge >= 0.3 is 0 Å². The van der Waals surface area contributed by atoms with Crippen LogP contribution in [-0.4, -0.2) is 8.75 Å². The normalized spacial score (nSPS) is 10.7. The topological polar surface area (TPSA) is 25.8 Å². The summed E-state index contributed by atoms with van der Waals surface area (Å²) in [6, 6.07) is 3.35. The van der Waals surface area contributed by atoms with E-state index in [9.17, 15) is 4.39 Å². The van der Waals surface area contributed by atoms with Crippen LogP contribution in [0.5, 0.6) is 0 Å². The Bertz CT molecular complexity index is 400. The highest BCUT2D eigenvalue weighted by Crippen LogP contribution is 2.22. The van der Waals surface area contributed by atoms with Gasteiger partial charge in [0.05, 0.1) is 16.2 Å². The van der Waals surface area contributed by atoms with Crippen molar-refractivity contribution in [2.24, 2.45) is 0 Å². The van der Waals surface area contributed by atoms with Crippen molar-refractivity contribution >= 4 is 38.7 Å². The largest absolute Gasteiger partial charge is 0.203 e. The number of nitrogens with zero attached hydrogens (tertiary/aromatic N) is 2. The fourth-order valence-electron chi connectivity index (χ4n) is 0.795. The van der Waals surface area contributed by atoms with Crippen LogP contribution < -0.4 is 0 Å². The van der Waals surface area contributed by atoms with Crippen LogP contribution in [0.1, 0.15) is 0 Å². The second kappa shape index (κ2) is 2.49. The van der Waals surface area contributed by atoms with Gasteiger partial charge in [0.25, 0.3) is 0 Å². The van der Waals surface area contributed by atoms with E-state index in [1.54, 1.807) is 12.1 Å². The van der Waals surface area contributed by atoms with Crippen molar-refractivity contribution in [1.82, 2.24) is 8.75 Å². The van der Waals surface area contributed by atoms with Crippen LogP contribution in [0.4, 0.5) is 4.39 Å². The summed E-state index contributed by atoms with van der Waals surface area (Å²) >= 11 is 4.08. The van der Waals surface area contributed by atoms with E-state index in [1.165, 1.54) is 0 Å². The van der Waals surface area contributed by atoms with Crippen LogP contribution in [-0.2, 0) is 0 Å². The Morgan fingerprint density at radius 1 is 1.36 bits per heavy atom. The minimum absolute atomic E-state index is 0.337. The summed E-state index contributed by atoms with van der Waals surface area (Å²) in [5.74, 6) is -0.337. The molecule has 1 aromatic carbocycles. The molecular weight excluding hydrogens is 231 g/mol. The smallest absolute Gasteiger partial charge is 0.166 e. The number of fused-ring (bicyclic) bond motifs is 1. The predicted molar refractivity (Wildman–Crippen MR) is 45.1 cm³/mol. The summed E-state index contributed by atoms with van der Waals surface area (Å²) < 4.78 is 21.2. The van der Waals surface area contributed by atoms with Crippen molar-refractivity contribution in [3.8, 4) is 0 Å². The third-order valence-electron chi connectivity index (χ3n) is 1.32. The molecule has 0 aliphatic rings. The van der Waals surface area contributed by atoms with E-state index in [2.05, 4.69) is 24.7 Å². The van der Waals surface area contributed by atoms with E-state index in [4.69, 9.17) is 0 Å². The van der Waals surface area contributed by atoms with Crippen molar-refractivity contribution in [2.75, 3.05) is 0 Å². The molecule has 0 bridgehead atoms. The van der Waals surface area contributed by atoms with Gasteiger partial charge in [-0.05, 0) is 28.1 Å². The number of aromatic nitrogens is 2. The molecule has 1 aromatic heterocycles. The second-order valence-electron chi connectivity index (χ2n) is 1.99. The molecule has 0 saturated heterocycles. The third kappa shape index (κ3) is 1.04. The van der Waals surface area contributed by atoms with Gasteiger partial charge in [-0.15, -0.1) is 0 Å². The predicted octanol–water partition coefficient (Wildman–Crippen LogP) is 2.59. The van der Waals surface area contributed by atoms with Gasteiger partial charge in [-0.1, -0.05) is 0 Å². The first-order valence-electron chi connectivity index (χ1n) is 2.85. The van der Waals surface area contributed by atoms with E-state index in [0.29, 0.717) is 15.5 Å². The standard InChI is InChI=1S/C6H2BrFN2S/c7-3-1-2-4-6(5(3)8)10-11-9-4/h1-2H. The zero-order valence-corrected chi connectivity index (χ0v) is 7.62. The quantitative estimate of drug-likeness (QED) is 0.698. The first kappa shape index (κ1) is 7.12. The lowest BCUT2D eigenvalue weighted by Crippen LogP contribution is -1.79. The maximum absolute atomic E-state index is 13.1. The first-order chi connectivity index (χ1) is 5.29. The molecule has 0 N–H and O–H groups in total. The van der Waals surface area contributed by atoms with Gasteiger partial charge in [0.1, 0.15) is 11.0 Å². The number of hydrogen-bond donors (Lipinski definition) is 0. The summed E-state index contributed by atoms with van der Waals surface area (Å²) in [6.45, 7) is 0. The molecule has 0 fully saturated rings. The molecule has 0 unspecified atom stereocenters. The Kier molecular flexibility index (Phi) is 1.61. The Balaban J connectivity index is 2.93. The molecule has 5 heteroatoms. The Morgan fingerprint density at radius 3 is 3.00 bits per heavy atom. The molecule has 11 heavy (non-hydrogen) atoms. The van der Waals surface area contributed by atoms with Crippen LogP contribution in [0, 0.1) is 5.82 Å². The molecule has 2 aromatic rings. The molecule has 0 atom stereocenters. The molecule has 0 aliphatic carbocycles. The lowest BCUT2D eigenvalue weighted by Gasteiger charge is -1.91. The fraction of sp³-hybridized carbons (Fsp3) is 0. The van der Waals surface area contributed by atoms with Crippen LogP contribution >= 0.6 is 27.7 Å². The highest BCUT2D eigenvalue weighted by molar-refractivity contribution is 9.10. The lowest BCUT2D eigenvalue weighted by atomic mass is 10.3. The van der Waals surface area contributed by atoms with E-state index < -0.39 is 0 Å². The summed E-state index contributed by atoms with van der Waals surface area (Å²) in [4.78, 5) is 0. The molecule has 0 radical (unpaired) electrons. The van der Waals surface area contributed by atoms with Crippen LogP contribution in [0.25, 0.3) is 11.0 Å². The van der Waals surface area contributed by atoms with Crippen molar-refractivity contribution in [3.63, 3.8) is 0 Å². The van der Waals surface area contributed by atoms with Crippen LogP contribution in [0.3, 0.4) is 0 Å². The number of benzene rings is 1. The summed E-state index contributed by atoms with van der Waals surface area (Å²) in [7, 11) is 0. The van der Waals surface area contributed by atoms with Gasteiger partial charge < -0.3 is 0 Å². The van der Waals surface area contributed by atoms with Crippen molar-refractivity contribution in [1.29, 1.82) is 0 Å². The zero-order valence-electron chi connectivity index (χ0n) is 5.21. The van der Waals surface area contributed by atoms with Crippen molar-refractivity contribution < 1.29 is 4.39 Å². The van der Waals surface area contributed by atoms with Crippen LogP contribution in [0.15, 0.2) is 16.6 Å². The summed E-state index contributed by atoms with van der Waals surface area (Å²) in [5.41, 5.74) is 0.945. The Morgan fingerprint density at radius 2 is 2.18 bits per heavy atom. The fourth-order valence-corrected chi connectivity index (χ4v) is 1.65. The van der Waals surface area contributed by atoms with Gasteiger partial charge in [-0.25, -0.2) is 4.39 Å². The molecule has 0 spiro atoms. The Hall–Kier alpha value is -0.550. The van der Waals surface area contributed by atoms with E-state index >= 15 is 0 Å². The maximum atomic E-state index is 13.1. The summed E-state index contributed by atoms with van der Waals surface area (Å²) in [6.07, 6.45) is 0. The first-order valence-corrected chi connectivity index (χ1v) is 4.37. The molecule has 56 valence electrons. The highest BCUT2D eigenvalue weighted by atomic mass is 79.9. The Labute approximate surface area is 74.5 Å². The highest BCUT2D eigenvalue weighted by Gasteiger charge is 2.07. The van der Waals surface area contributed by atoms with Crippen molar-refractivity contribution in [2.45, 2.75) is 0 Å². The number of halogens is 2. The average molecular weight is 233 g/mol.